The topological polar surface area (TPSA) is 37.8 Å². The van der Waals surface area contributed by atoms with Crippen LogP contribution in [0.5, 0.6) is 0 Å². The number of hydrogen-bond donors (Lipinski definition) is 1. The molecule has 1 aliphatic rings. The first-order valence-electron chi connectivity index (χ1n) is 7.80. The second-order valence-electron chi connectivity index (χ2n) is 5.75. The largest absolute Gasteiger partial charge is 0.367 e. The van der Waals surface area contributed by atoms with Gasteiger partial charge in [-0.15, -0.1) is 11.3 Å². The van der Waals surface area contributed by atoms with E-state index < -0.39 is 0 Å². The summed E-state index contributed by atoms with van der Waals surface area (Å²) in [6.45, 7) is 4.27. The number of rotatable bonds is 3. The normalized spacial score (nSPS) is 17.3. The zero-order chi connectivity index (χ0) is 13.9. The van der Waals surface area contributed by atoms with Crippen LogP contribution in [0.3, 0.4) is 0 Å². The van der Waals surface area contributed by atoms with Gasteiger partial charge in [-0.25, -0.2) is 9.97 Å². The average molecular weight is 289 g/mol. The molecule has 0 radical (unpaired) electrons. The highest BCUT2D eigenvalue weighted by atomic mass is 32.1. The fourth-order valence-corrected chi connectivity index (χ4v) is 3.87. The Morgan fingerprint density at radius 3 is 2.65 bits per heavy atom. The standard InChI is InChI=1S/C16H23N3S/c1-3-14-18-15(13-10-11(2)20-16(13)19-14)17-12-8-6-4-5-7-9-12/h10,12H,3-9H2,1-2H3,(H,17,18,19). The minimum atomic E-state index is 0.584. The van der Waals surface area contributed by atoms with E-state index in [1.807, 2.05) is 0 Å². The summed E-state index contributed by atoms with van der Waals surface area (Å²) in [4.78, 5) is 11.8. The van der Waals surface area contributed by atoms with Crippen molar-refractivity contribution < 1.29 is 0 Å². The monoisotopic (exact) mass is 289 g/mol. The van der Waals surface area contributed by atoms with Crippen LogP contribution >= 0.6 is 11.3 Å². The summed E-state index contributed by atoms with van der Waals surface area (Å²) in [6.07, 6.45) is 8.90. The lowest BCUT2D eigenvalue weighted by atomic mass is 10.1. The Morgan fingerprint density at radius 1 is 1.20 bits per heavy atom. The van der Waals surface area contributed by atoms with Crippen molar-refractivity contribution >= 4 is 27.4 Å². The smallest absolute Gasteiger partial charge is 0.138 e. The van der Waals surface area contributed by atoms with Gasteiger partial charge < -0.3 is 5.32 Å². The summed E-state index contributed by atoms with van der Waals surface area (Å²) in [6, 6.07) is 2.80. The van der Waals surface area contributed by atoms with Crippen LogP contribution in [0.25, 0.3) is 10.2 Å². The lowest BCUT2D eigenvalue weighted by Gasteiger charge is -2.17. The van der Waals surface area contributed by atoms with Crippen LogP contribution in [-0.4, -0.2) is 16.0 Å². The average Bonchev–Trinajstić information content (AvgIpc) is 2.65. The Bertz CT molecular complexity index is 583. The Labute approximate surface area is 124 Å². The SMILES string of the molecule is CCc1nc(NC2CCCCCC2)c2cc(C)sc2n1. The van der Waals surface area contributed by atoms with Gasteiger partial charge in [0.2, 0.25) is 0 Å². The molecule has 1 N–H and O–H groups in total. The van der Waals surface area contributed by atoms with E-state index in [0.717, 1.165) is 22.9 Å². The number of aromatic nitrogens is 2. The van der Waals surface area contributed by atoms with E-state index in [2.05, 4.69) is 30.2 Å². The molecular weight excluding hydrogens is 266 g/mol. The molecule has 3 rings (SSSR count). The molecule has 1 fully saturated rings. The molecule has 2 heterocycles. The van der Waals surface area contributed by atoms with Crippen LogP contribution < -0.4 is 5.32 Å². The molecule has 0 aliphatic heterocycles. The quantitative estimate of drug-likeness (QED) is 0.832. The summed E-state index contributed by atoms with van der Waals surface area (Å²) in [5, 5.41) is 4.91. The van der Waals surface area contributed by atoms with Gasteiger partial charge in [0.05, 0.1) is 5.39 Å². The highest BCUT2D eigenvalue weighted by Gasteiger charge is 2.16. The number of thiophene rings is 1. The summed E-state index contributed by atoms with van der Waals surface area (Å²) < 4.78 is 0. The van der Waals surface area contributed by atoms with Crippen molar-refractivity contribution in [3.8, 4) is 0 Å². The molecule has 2 aromatic rings. The molecule has 0 unspecified atom stereocenters. The first-order valence-corrected chi connectivity index (χ1v) is 8.61. The Balaban J connectivity index is 1.92. The molecule has 1 saturated carbocycles. The van der Waals surface area contributed by atoms with Crippen LogP contribution in [0.4, 0.5) is 5.82 Å². The van der Waals surface area contributed by atoms with Crippen molar-refractivity contribution in [1.82, 2.24) is 9.97 Å². The van der Waals surface area contributed by atoms with Gasteiger partial charge in [-0.2, -0.15) is 0 Å². The van der Waals surface area contributed by atoms with Crippen molar-refractivity contribution in [2.24, 2.45) is 0 Å². The van der Waals surface area contributed by atoms with Crippen LogP contribution in [0.2, 0.25) is 0 Å². The fraction of sp³-hybridized carbons (Fsp3) is 0.625. The Kier molecular flexibility index (Phi) is 4.20. The summed E-state index contributed by atoms with van der Waals surface area (Å²) >= 11 is 1.77. The maximum Gasteiger partial charge on any atom is 0.138 e. The second kappa shape index (κ2) is 6.08. The molecule has 108 valence electrons. The van der Waals surface area contributed by atoms with E-state index in [9.17, 15) is 0 Å². The van der Waals surface area contributed by atoms with E-state index >= 15 is 0 Å². The molecule has 0 amide bonds. The highest BCUT2D eigenvalue weighted by Crippen LogP contribution is 2.30. The zero-order valence-corrected chi connectivity index (χ0v) is 13.2. The molecule has 3 nitrogen and oxygen atoms in total. The molecule has 2 aromatic heterocycles. The van der Waals surface area contributed by atoms with Gasteiger partial charge in [-0.3, -0.25) is 0 Å². The zero-order valence-electron chi connectivity index (χ0n) is 12.4. The predicted octanol–water partition coefficient (Wildman–Crippen LogP) is 4.70. The molecule has 0 atom stereocenters. The summed E-state index contributed by atoms with van der Waals surface area (Å²) in [5.74, 6) is 2.01. The maximum atomic E-state index is 4.74. The molecule has 4 heteroatoms. The maximum absolute atomic E-state index is 4.74. The first-order chi connectivity index (χ1) is 9.76. The fourth-order valence-electron chi connectivity index (χ4n) is 2.97. The number of nitrogens with zero attached hydrogens (tertiary/aromatic N) is 2. The van der Waals surface area contributed by atoms with Gasteiger partial charge >= 0.3 is 0 Å². The van der Waals surface area contributed by atoms with Gasteiger partial charge in [0.25, 0.3) is 0 Å². The van der Waals surface area contributed by atoms with Crippen molar-refractivity contribution in [2.45, 2.75) is 64.8 Å². The van der Waals surface area contributed by atoms with E-state index in [-0.39, 0.29) is 0 Å². The number of nitrogens with one attached hydrogen (secondary N) is 1. The van der Waals surface area contributed by atoms with Gasteiger partial charge in [0.1, 0.15) is 16.5 Å². The minimum Gasteiger partial charge on any atom is -0.367 e. The van der Waals surface area contributed by atoms with Crippen LogP contribution in [-0.2, 0) is 6.42 Å². The lowest BCUT2D eigenvalue weighted by molar-refractivity contribution is 0.618. The van der Waals surface area contributed by atoms with E-state index in [1.165, 1.54) is 48.8 Å². The van der Waals surface area contributed by atoms with Gasteiger partial charge in [0, 0.05) is 17.3 Å². The van der Waals surface area contributed by atoms with Crippen molar-refractivity contribution in [3.63, 3.8) is 0 Å². The highest BCUT2D eigenvalue weighted by molar-refractivity contribution is 7.18. The summed E-state index contributed by atoms with van der Waals surface area (Å²) in [5.41, 5.74) is 0. The van der Waals surface area contributed by atoms with Crippen molar-refractivity contribution in [3.05, 3.63) is 16.8 Å². The Morgan fingerprint density at radius 2 is 1.95 bits per heavy atom. The predicted molar refractivity (Wildman–Crippen MR) is 86.6 cm³/mol. The molecule has 0 bridgehead atoms. The van der Waals surface area contributed by atoms with Crippen LogP contribution in [0.15, 0.2) is 6.07 Å². The van der Waals surface area contributed by atoms with Crippen molar-refractivity contribution in [2.75, 3.05) is 5.32 Å². The number of fused-ring (bicyclic) bond motifs is 1. The molecule has 0 spiro atoms. The number of anilines is 1. The van der Waals surface area contributed by atoms with E-state index in [0.29, 0.717) is 6.04 Å². The van der Waals surface area contributed by atoms with Gasteiger partial charge in [0.15, 0.2) is 0 Å². The second-order valence-corrected chi connectivity index (χ2v) is 6.99. The molecular formula is C16H23N3S. The number of aryl methyl sites for hydroxylation is 2. The molecule has 1 aliphatic carbocycles. The van der Waals surface area contributed by atoms with Gasteiger partial charge in [-0.05, 0) is 25.8 Å². The molecule has 0 aromatic carbocycles. The van der Waals surface area contributed by atoms with Gasteiger partial charge in [-0.1, -0.05) is 32.6 Å². The minimum absolute atomic E-state index is 0.584. The summed E-state index contributed by atoms with van der Waals surface area (Å²) in [7, 11) is 0. The number of hydrogen-bond acceptors (Lipinski definition) is 4. The third-order valence-corrected chi connectivity index (χ3v) is 5.02. The van der Waals surface area contributed by atoms with Crippen molar-refractivity contribution in [1.29, 1.82) is 0 Å². The van der Waals surface area contributed by atoms with E-state index in [1.54, 1.807) is 11.3 Å². The van der Waals surface area contributed by atoms with E-state index in [4.69, 9.17) is 4.98 Å². The molecule has 0 saturated heterocycles. The van der Waals surface area contributed by atoms with Crippen LogP contribution in [0.1, 0.15) is 56.2 Å². The third-order valence-electron chi connectivity index (χ3n) is 4.07. The third kappa shape index (κ3) is 2.95. The molecule has 20 heavy (non-hydrogen) atoms. The Hall–Kier alpha value is -1.16. The van der Waals surface area contributed by atoms with Crippen LogP contribution in [0, 0.1) is 6.92 Å². The first kappa shape index (κ1) is 13.8. The lowest BCUT2D eigenvalue weighted by Crippen LogP contribution is -2.19.